The van der Waals surface area contributed by atoms with Crippen LogP contribution in [0.3, 0.4) is 0 Å². The van der Waals surface area contributed by atoms with Gasteiger partial charge in [-0.2, -0.15) is 5.10 Å². The fourth-order valence-electron chi connectivity index (χ4n) is 2.98. The van der Waals surface area contributed by atoms with E-state index in [0.717, 1.165) is 0 Å². The number of carbonyl (C=O) groups excluding carboxylic acids is 1. The molecule has 152 valence electrons. The number of methoxy groups -OCH3 is 1. The van der Waals surface area contributed by atoms with Gasteiger partial charge in [-0.1, -0.05) is 29.3 Å². The Labute approximate surface area is 180 Å². The summed E-state index contributed by atoms with van der Waals surface area (Å²) in [7, 11) is 1.48. The molecule has 8 nitrogen and oxygen atoms in total. The van der Waals surface area contributed by atoms with Crippen molar-refractivity contribution in [2.75, 3.05) is 12.4 Å². The number of fused-ring (bicyclic) bond motifs is 1. The highest BCUT2D eigenvalue weighted by molar-refractivity contribution is 6.31. The van der Waals surface area contributed by atoms with E-state index >= 15 is 0 Å². The Balaban J connectivity index is 1.61. The maximum Gasteiger partial charge on any atom is 0.264 e. The maximum absolute atomic E-state index is 12.8. The molecule has 0 bridgehead atoms. The van der Waals surface area contributed by atoms with Crippen molar-refractivity contribution in [3.8, 4) is 11.4 Å². The highest BCUT2D eigenvalue weighted by Gasteiger charge is 2.14. The van der Waals surface area contributed by atoms with Gasteiger partial charge >= 0.3 is 0 Å². The summed E-state index contributed by atoms with van der Waals surface area (Å²) in [5.74, 6) is 0.0255. The van der Waals surface area contributed by atoms with Crippen LogP contribution in [0.2, 0.25) is 10.0 Å². The predicted molar refractivity (Wildman–Crippen MR) is 115 cm³/mol. The zero-order valence-electron chi connectivity index (χ0n) is 15.7. The van der Waals surface area contributed by atoms with Crippen molar-refractivity contribution < 1.29 is 9.53 Å². The Morgan fingerprint density at radius 1 is 1.17 bits per heavy atom. The summed E-state index contributed by atoms with van der Waals surface area (Å²) in [5.41, 5.74) is 1.07. The second-order valence-electron chi connectivity index (χ2n) is 6.34. The molecule has 0 aliphatic heterocycles. The second kappa shape index (κ2) is 8.17. The average Bonchev–Trinajstić information content (AvgIpc) is 3.15. The Morgan fingerprint density at radius 3 is 2.73 bits per heavy atom. The van der Waals surface area contributed by atoms with E-state index < -0.39 is 5.91 Å². The van der Waals surface area contributed by atoms with Gasteiger partial charge in [0.25, 0.3) is 5.56 Å². The number of aromatic nitrogens is 4. The number of amides is 1. The average molecular weight is 444 g/mol. The van der Waals surface area contributed by atoms with Crippen molar-refractivity contribution in [2.45, 2.75) is 6.54 Å². The molecule has 0 aliphatic carbocycles. The number of hydrogen-bond donors (Lipinski definition) is 1. The molecule has 10 heteroatoms. The molecular weight excluding hydrogens is 429 g/mol. The minimum absolute atomic E-state index is 0.236. The molecule has 1 N–H and O–H groups in total. The Morgan fingerprint density at radius 2 is 1.97 bits per heavy atom. The molecule has 2 aromatic carbocycles. The number of benzene rings is 2. The molecule has 2 heterocycles. The van der Waals surface area contributed by atoms with Gasteiger partial charge in [-0.15, -0.1) is 0 Å². The third-order valence-corrected chi connectivity index (χ3v) is 4.83. The smallest absolute Gasteiger partial charge is 0.264 e. The van der Waals surface area contributed by atoms with E-state index in [9.17, 15) is 9.59 Å². The second-order valence-corrected chi connectivity index (χ2v) is 7.22. The van der Waals surface area contributed by atoms with Crippen molar-refractivity contribution in [1.29, 1.82) is 0 Å². The first-order valence-corrected chi connectivity index (χ1v) is 9.54. The van der Waals surface area contributed by atoms with E-state index in [2.05, 4.69) is 15.4 Å². The predicted octanol–water partition coefficient (Wildman–Crippen LogP) is 3.54. The number of halogens is 2. The van der Waals surface area contributed by atoms with E-state index in [1.54, 1.807) is 42.5 Å². The quantitative estimate of drug-likeness (QED) is 0.509. The first kappa shape index (κ1) is 19.9. The molecule has 0 atom stereocenters. The molecular formula is C20H15Cl2N5O3. The number of hydrogen-bond acceptors (Lipinski definition) is 5. The molecule has 1 amide bonds. The molecule has 0 aliphatic rings. The largest absolute Gasteiger partial charge is 0.495 e. The SMILES string of the molecule is COc1ccc(Cl)cc1NC(=O)Cn1cnc2c(cnn2-c2cccc(Cl)c2)c1=O. The molecule has 0 spiro atoms. The fraction of sp³-hybridized carbons (Fsp3) is 0.100. The molecule has 30 heavy (non-hydrogen) atoms. The maximum atomic E-state index is 12.8. The van der Waals surface area contributed by atoms with Crippen LogP contribution < -0.4 is 15.6 Å². The summed E-state index contributed by atoms with van der Waals surface area (Å²) in [6, 6.07) is 11.9. The third kappa shape index (κ3) is 3.87. The molecule has 4 rings (SSSR count). The molecule has 2 aromatic heterocycles. The lowest BCUT2D eigenvalue weighted by molar-refractivity contribution is -0.116. The zero-order valence-corrected chi connectivity index (χ0v) is 17.2. The fourth-order valence-corrected chi connectivity index (χ4v) is 3.34. The van der Waals surface area contributed by atoms with Gasteiger partial charge in [-0.05, 0) is 36.4 Å². The zero-order chi connectivity index (χ0) is 21.3. The van der Waals surface area contributed by atoms with Crippen LogP contribution in [0.15, 0.2) is 59.8 Å². The Bertz CT molecular complexity index is 1320. The monoisotopic (exact) mass is 443 g/mol. The van der Waals surface area contributed by atoms with Crippen molar-refractivity contribution in [2.24, 2.45) is 0 Å². The van der Waals surface area contributed by atoms with Crippen LogP contribution in [-0.4, -0.2) is 32.3 Å². The minimum Gasteiger partial charge on any atom is -0.495 e. The summed E-state index contributed by atoms with van der Waals surface area (Å²) < 4.78 is 7.94. The normalized spacial score (nSPS) is 10.9. The molecule has 4 aromatic rings. The van der Waals surface area contributed by atoms with Crippen LogP contribution in [0.25, 0.3) is 16.7 Å². The van der Waals surface area contributed by atoms with Gasteiger partial charge in [0.1, 0.15) is 24.0 Å². The van der Waals surface area contributed by atoms with Crippen LogP contribution in [0.5, 0.6) is 5.75 Å². The van der Waals surface area contributed by atoms with Gasteiger partial charge in [0.15, 0.2) is 5.65 Å². The van der Waals surface area contributed by atoms with Gasteiger partial charge in [-0.25, -0.2) is 9.67 Å². The number of carbonyl (C=O) groups is 1. The van der Waals surface area contributed by atoms with Gasteiger partial charge in [-0.3, -0.25) is 14.2 Å². The lowest BCUT2D eigenvalue weighted by atomic mass is 10.3. The lowest BCUT2D eigenvalue weighted by Crippen LogP contribution is -2.28. The van der Waals surface area contributed by atoms with Crippen LogP contribution in [-0.2, 0) is 11.3 Å². The van der Waals surface area contributed by atoms with E-state index in [4.69, 9.17) is 27.9 Å². The van der Waals surface area contributed by atoms with E-state index in [1.807, 2.05) is 0 Å². The number of nitrogens with zero attached hydrogens (tertiary/aromatic N) is 4. The number of nitrogens with one attached hydrogen (secondary N) is 1. The van der Waals surface area contributed by atoms with E-state index in [1.165, 1.54) is 28.9 Å². The number of anilines is 1. The summed E-state index contributed by atoms with van der Waals surface area (Å²) in [6.45, 7) is -0.236. The van der Waals surface area contributed by atoms with Crippen molar-refractivity contribution in [3.05, 3.63) is 75.4 Å². The number of rotatable bonds is 5. The Kier molecular flexibility index (Phi) is 5.43. The van der Waals surface area contributed by atoms with Gasteiger partial charge in [0.2, 0.25) is 5.91 Å². The van der Waals surface area contributed by atoms with Crippen LogP contribution in [0.1, 0.15) is 0 Å². The van der Waals surface area contributed by atoms with E-state index in [0.29, 0.717) is 32.8 Å². The topological polar surface area (TPSA) is 91.0 Å². The van der Waals surface area contributed by atoms with Crippen molar-refractivity contribution in [3.63, 3.8) is 0 Å². The summed E-state index contributed by atoms with van der Waals surface area (Å²) >= 11 is 12.0. The van der Waals surface area contributed by atoms with Crippen LogP contribution in [0, 0.1) is 0 Å². The molecule has 0 radical (unpaired) electrons. The molecule has 0 saturated heterocycles. The van der Waals surface area contributed by atoms with Crippen molar-refractivity contribution >= 4 is 45.8 Å². The van der Waals surface area contributed by atoms with Gasteiger partial charge < -0.3 is 10.1 Å². The first-order valence-electron chi connectivity index (χ1n) is 8.79. The van der Waals surface area contributed by atoms with Crippen molar-refractivity contribution in [1.82, 2.24) is 19.3 Å². The standard InChI is InChI=1S/C20H15Cl2N5O3/c1-30-17-6-5-13(22)8-16(17)25-18(28)10-26-11-23-19-15(20(26)29)9-24-27(19)14-4-2-3-12(21)7-14/h2-9,11H,10H2,1H3,(H,25,28). The van der Waals surface area contributed by atoms with Crippen LogP contribution >= 0.6 is 23.2 Å². The summed E-state index contributed by atoms with van der Waals surface area (Å²) in [6.07, 6.45) is 2.72. The highest BCUT2D eigenvalue weighted by Crippen LogP contribution is 2.27. The molecule has 0 unspecified atom stereocenters. The first-order chi connectivity index (χ1) is 14.5. The summed E-state index contributed by atoms with van der Waals surface area (Å²) in [4.78, 5) is 29.6. The summed E-state index contributed by atoms with van der Waals surface area (Å²) in [5, 5.41) is 8.20. The highest BCUT2D eigenvalue weighted by atomic mass is 35.5. The number of ether oxygens (including phenoxy) is 1. The third-order valence-electron chi connectivity index (χ3n) is 4.36. The molecule has 0 saturated carbocycles. The molecule has 0 fully saturated rings. The van der Waals surface area contributed by atoms with Gasteiger partial charge in [0.05, 0.1) is 24.7 Å². The lowest BCUT2D eigenvalue weighted by Gasteiger charge is -2.11. The Hall–Kier alpha value is -3.36. The van der Waals surface area contributed by atoms with Gasteiger partial charge in [0, 0.05) is 10.0 Å². The van der Waals surface area contributed by atoms with Crippen LogP contribution in [0.4, 0.5) is 5.69 Å². The van der Waals surface area contributed by atoms with E-state index in [-0.39, 0.29) is 17.5 Å². The minimum atomic E-state index is -0.430.